The van der Waals surface area contributed by atoms with Gasteiger partial charge in [-0.15, -0.1) is 0 Å². The number of carboxylic acids is 1. The van der Waals surface area contributed by atoms with E-state index in [2.05, 4.69) is 18.2 Å². The summed E-state index contributed by atoms with van der Waals surface area (Å²) < 4.78 is 5.94. The number of rotatable bonds is 13. The third-order valence-electron chi connectivity index (χ3n) is 5.36. The molecule has 0 saturated carbocycles. The molecular weight excluding hydrogens is 426 g/mol. The zero-order valence-corrected chi connectivity index (χ0v) is 18.9. The maximum Gasteiger partial charge on any atom is 0.304 e. The summed E-state index contributed by atoms with van der Waals surface area (Å²) in [6.45, 7) is 2.15. The number of fused-ring (bicyclic) bond motifs is 1. The lowest BCUT2D eigenvalue weighted by Gasteiger charge is -2.20. The fourth-order valence-electron chi connectivity index (χ4n) is 3.70. The molecule has 0 aromatic heterocycles. The first kappa shape index (κ1) is 24.1. The first-order chi connectivity index (χ1) is 15.5. The number of aliphatic carboxylic acids is 1. The van der Waals surface area contributed by atoms with Crippen LogP contribution in [0.4, 0.5) is 0 Å². The summed E-state index contributed by atoms with van der Waals surface area (Å²) in [6.07, 6.45) is 3.07. The van der Waals surface area contributed by atoms with Crippen LogP contribution in [0.25, 0.3) is 10.8 Å². The predicted molar refractivity (Wildman–Crippen MR) is 128 cm³/mol. The summed E-state index contributed by atoms with van der Waals surface area (Å²) in [5, 5.41) is 21.1. The maximum absolute atomic E-state index is 10.9. The highest BCUT2D eigenvalue weighted by molar-refractivity contribution is 6.30. The van der Waals surface area contributed by atoms with E-state index in [-0.39, 0.29) is 13.0 Å². The lowest BCUT2D eigenvalue weighted by atomic mass is 10.1. The van der Waals surface area contributed by atoms with E-state index in [0.717, 1.165) is 46.4 Å². The number of carbonyl (C=O) groups is 1. The lowest BCUT2D eigenvalue weighted by Crippen LogP contribution is -2.28. The van der Waals surface area contributed by atoms with Crippen molar-refractivity contribution in [2.75, 3.05) is 26.3 Å². The molecule has 5 nitrogen and oxygen atoms in total. The molecule has 0 aliphatic heterocycles. The van der Waals surface area contributed by atoms with Crippen molar-refractivity contribution < 1.29 is 19.7 Å². The quantitative estimate of drug-likeness (QED) is 0.348. The van der Waals surface area contributed by atoms with Gasteiger partial charge in [-0.3, -0.25) is 9.69 Å². The molecule has 0 saturated heterocycles. The molecule has 0 radical (unpaired) electrons. The average Bonchev–Trinajstić information content (AvgIpc) is 2.77. The molecular formula is C26H30ClNO4. The molecule has 0 spiro atoms. The second-order valence-corrected chi connectivity index (χ2v) is 8.36. The van der Waals surface area contributed by atoms with Gasteiger partial charge in [0.2, 0.25) is 0 Å². The molecule has 0 bridgehead atoms. The number of halogens is 1. The van der Waals surface area contributed by atoms with Crippen LogP contribution >= 0.6 is 11.6 Å². The van der Waals surface area contributed by atoms with Crippen LogP contribution in [-0.2, 0) is 17.8 Å². The third kappa shape index (κ3) is 7.83. The first-order valence-corrected chi connectivity index (χ1v) is 11.4. The Kier molecular flexibility index (Phi) is 9.35. The molecule has 0 aliphatic rings. The van der Waals surface area contributed by atoms with Gasteiger partial charge in [0.25, 0.3) is 0 Å². The number of aryl methyl sites for hydroxylation is 1. The molecule has 3 aromatic rings. The predicted octanol–water partition coefficient (Wildman–Crippen LogP) is 5.16. The van der Waals surface area contributed by atoms with Gasteiger partial charge >= 0.3 is 5.97 Å². The van der Waals surface area contributed by atoms with Crippen molar-refractivity contribution in [2.45, 2.75) is 32.2 Å². The molecule has 0 amide bonds. The summed E-state index contributed by atoms with van der Waals surface area (Å²) in [5.41, 5.74) is 2.34. The number of ether oxygens (including phenoxy) is 1. The van der Waals surface area contributed by atoms with Crippen molar-refractivity contribution >= 4 is 28.3 Å². The SMILES string of the molecule is O=C(O)CCN(CCO)Cc1ccc2cc(OCCCCc3cccc(Cl)c3)ccc2c1. The smallest absolute Gasteiger partial charge is 0.304 e. The van der Waals surface area contributed by atoms with Gasteiger partial charge in [-0.25, -0.2) is 0 Å². The topological polar surface area (TPSA) is 70.0 Å². The first-order valence-electron chi connectivity index (χ1n) is 11.0. The molecule has 0 atom stereocenters. The van der Waals surface area contributed by atoms with E-state index in [1.54, 1.807) is 0 Å². The fraction of sp³-hybridized carbons (Fsp3) is 0.346. The summed E-state index contributed by atoms with van der Waals surface area (Å²) in [7, 11) is 0. The number of unbranched alkanes of at least 4 members (excludes halogenated alkanes) is 1. The molecule has 2 N–H and O–H groups in total. The molecule has 0 unspecified atom stereocenters. The van der Waals surface area contributed by atoms with Crippen molar-refractivity contribution in [2.24, 2.45) is 0 Å². The summed E-state index contributed by atoms with van der Waals surface area (Å²) in [5.74, 6) is 0.0276. The zero-order valence-electron chi connectivity index (χ0n) is 18.2. The van der Waals surface area contributed by atoms with Gasteiger partial charge in [-0.1, -0.05) is 41.9 Å². The van der Waals surface area contributed by atoms with E-state index >= 15 is 0 Å². The Balaban J connectivity index is 1.50. The van der Waals surface area contributed by atoms with Crippen LogP contribution < -0.4 is 4.74 Å². The van der Waals surface area contributed by atoms with Crippen LogP contribution in [0.15, 0.2) is 60.7 Å². The van der Waals surface area contributed by atoms with Gasteiger partial charge in [0.1, 0.15) is 5.75 Å². The number of aliphatic hydroxyl groups excluding tert-OH is 1. The number of benzene rings is 3. The van der Waals surface area contributed by atoms with Crippen LogP contribution in [-0.4, -0.2) is 47.4 Å². The van der Waals surface area contributed by atoms with Crippen molar-refractivity contribution in [3.8, 4) is 5.75 Å². The van der Waals surface area contributed by atoms with Crippen molar-refractivity contribution in [3.63, 3.8) is 0 Å². The van der Waals surface area contributed by atoms with Gasteiger partial charge in [0, 0.05) is 24.7 Å². The Morgan fingerprint density at radius 2 is 1.75 bits per heavy atom. The van der Waals surface area contributed by atoms with Crippen molar-refractivity contribution in [1.29, 1.82) is 0 Å². The van der Waals surface area contributed by atoms with Gasteiger partial charge in [0.15, 0.2) is 0 Å². The maximum atomic E-state index is 10.9. The number of hydrogen-bond acceptors (Lipinski definition) is 4. The molecule has 32 heavy (non-hydrogen) atoms. The molecule has 0 heterocycles. The van der Waals surface area contributed by atoms with Crippen LogP contribution in [0.5, 0.6) is 5.75 Å². The molecule has 170 valence electrons. The average molecular weight is 456 g/mol. The highest BCUT2D eigenvalue weighted by Crippen LogP contribution is 2.23. The zero-order chi connectivity index (χ0) is 22.8. The highest BCUT2D eigenvalue weighted by Gasteiger charge is 2.09. The Morgan fingerprint density at radius 3 is 2.53 bits per heavy atom. The fourth-order valence-corrected chi connectivity index (χ4v) is 3.91. The van der Waals surface area contributed by atoms with Crippen LogP contribution in [0.3, 0.4) is 0 Å². The summed E-state index contributed by atoms with van der Waals surface area (Å²) >= 11 is 6.03. The minimum Gasteiger partial charge on any atom is -0.494 e. The van der Waals surface area contributed by atoms with Crippen LogP contribution in [0.1, 0.15) is 30.4 Å². The Morgan fingerprint density at radius 1 is 0.938 bits per heavy atom. The minimum atomic E-state index is -0.830. The van der Waals surface area contributed by atoms with Gasteiger partial charge in [-0.2, -0.15) is 0 Å². The van der Waals surface area contributed by atoms with E-state index in [4.69, 9.17) is 21.4 Å². The summed E-state index contributed by atoms with van der Waals surface area (Å²) in [4.78, 5) is 12.8. The van der Waals surface area contributed by atoms with Crippen LogP contribution in [0.2, 0.25) is 5.02 Å². The second kappa shape index (κ2) is 12.4. The Bertz CT molecular complexity index is 1020. The highest BCUT2D eigenvalue weighted by atomic mass is 35.5. The molecule has 3 aromatic carbocycles. The standard InChI is InChI=1S/C26H30ClNO4/c27-24-6-3-5-20(17-24)4-1-2-15-32-25-10-9-22-16-21(7-8-23(22)18-25)19-28(13-14-29)12-11-26(30)31/h3,5-10,16-18,29H,1-2,4,11-15,19H2,(H,30,31). The molecule has 3 rings (SSSR count). The normalized spacial score (nSPS) is 11.2. The summed E-state index contributed by atoms with van der Waals surface area (Å²) in [6, 6.07) is 20.3. The Hall–Kier alpha value is -2.60. The molecule has 0 aliphatic carbocycles. The van der Waals surface area contributed by atoms with Crippen molar-refractivity contribution in [3.05, 3.63) is 76.8 Å². The van der Waals surface area contributed by atoms with E-state index in [1.165, 1.54) is 5.56 Å². The van der Waals surface area contributed by atoms with E-state index < -0.39 is 5.97 Å². The molecule has 6 heteroatoms. The Labute approximate surface area is 194 Å². The van der Waals surface area contributed by atoms with Gasteiger partial charge in [0.05, 0.1) is 19.6 Å². The number of carboxylic acid groups (broad SMARTS) is 1. The monoisotopic (exact) mass is 455 g/mol. The van der Waals surface area contributed by atoms with E-state index in [0.29, 0.717) is 26.2 Å². The molecule has 0 fully saturated rings. The number of hydrogen-bond donors (Lipinski definition) is 2. The second-order valence-electron chi connectivity index (χ2n) is 7.92. The minimum absolute atomic E-state index is 0.00694. The lowest BCUT2D eigenvalue weighted by molar-refractivity contribution is -0.137. The van der Waals surface area contributed by atoms with Crippen molar-refractivity contribution in [1.82, 2.24) is 4.90 Å². The van der Waals surface area contributed by atoms with Gasteiger partial charge < -0.3 is 14.9 Å². The van der Waals surface area contributed by atoms with E-state index in [9.17, 15) is 9.90 Å². The third-order valence-corrected chi connectivity index (χ3v) is 5.59. The number of nitrogens with zero attached hydrogens (tertiary/aromatic N) is 1. The number of aliphatic hydroxyl groups is 1. The van der Waals surface area contributed by atoms with Crippen LogP contribution in [0, 0.1) is 0 Å². The van der Waals surface area contributed by atoms with E-state index in [1.807, 2.05) is 47.4 Å². The largest absolute Gasteiger partial charge is 0.494 e. The van der Waals surface area contributed by atoms with Gasteiger partial charge in [-0.05, 0) is 71.5 Å².